The lowest BCUT2D eigenvalue weighted by Gasteiger charge is -1.96. The molecule has 1 aliphatic rings. The third-order valence-corrected chi connectivity index (χ3v) is 5.55. The molecule has 0 spiro atoms. The fraction of sp³-hybridized carbons (Fsp3) is 0. The molecule has 0 unspecified atom stereocenters. The van der Waals surface area contributed by atoms with Crippen molar-refractivity contribution in [1.29, 1.82) is 0 Å². The van der Waals surface area contributed by atoms with Crippen molar-refractivity contribution in [3.05, 3.63) is 74.7 Å². The largest absolute Gasteiger partial charge is 0.401 e. The van der Waals surface area contributed by atoms with Crippen LogP contribution in [0.3, 0.4) is 0 Å². The van der Waals surface area contributed by atoms with E-state index in [-0.39, 0.29) is 11.6 Å². The number of hydrogen-bond acceptors (Lipinski definition) is 4. The maximum atomic E-state index is 12.1. The highest BCUT2D eigenvalue weighted by atomic mass is 35.5. The zero-order valence-electron chi connectivity index (χ0n) is 12.1. The molecule has 0 aliphatic carbocycles. The maximum absolute atomic E-state index is 12.1. The summed E-state index contributed by atoms with van der Waals surface area (Å²) in [5.74, 6) is -0.289. The van der Waals surface area contributed by atoms with Crippen LogP contribution in [-0.4, -0.2) is 11.9 Å². The first-order valence-corrected chi connectivity index (χ1v) is 8.65. The van der Waals surface area contributed by atoms with E-state index in [0.717, 1.165) is 10.1 Å². The summed E-state index contributed by atoms with van der Waals surface area (Å²) in [6.45, 7) is 0. The van der Waals surface area contributed by atoms with Crippen LogP contribution in [0.4, 0.5) is 0 Å². The standard InChI is InChI=1S/C18H9Cl2NO2S/c19-12-7-3-1-5-10(12)9-13-18(22)23-17(21-13)16-15(20)11-6-2-4-8-14(11)24-16/h1-9H. The molecule has 0 saturated carbocycles. The summed E-state index contributed by atoms with van der Waals surface area (Å²) in [5.41, 5.74) is 0.908. The summed E-state index contributed by atoms with van der Waals surface area (Å²) < 4.78 is 6.32. The van der Waals surface area contributed by atoms with E-state index in [9.17, 15) is 4.79 Å². The summed E-state index contributed by atoms with van der Waals surface area (Å²) >= 11 is 14.0. The van der Waals surface area contributed by atoms with Gasteiger partial charge < -0.3 is 4.74 Å². The molecule has 24 heavy (non-hydrogen) atoms. The number of ether oxygens (including phenoxy) is 1. The number of hydrogen-bond donors (Lipinski definition) is 0. The normalized spacial score (nSPS) is 15.8. The van der Waals surface area contributed by atoms with E-state index in [1.165, 1.54) is 11.3 Å². The van der Waals surface area contributed by atoms with Crippen molar-refractivity contribution >= 4 is 62.6 Å². The molecule has 0 fully saturated rings. The molecule has 118 valence electrons. The SMILES string of the molecule is O=C1OC(c2sc3ccccc3c2Cl)=NC1=Cc1ccccc1Cl. The van der Waals surface area contributed by atoms with E-state index >= 15 is 0 Å². The van der Waals surface area contributed by atoms with Crippen molar-refractivity contribution in [2.45, 2.75) is 0 Å². The number of halogens is 2. The van der Waals surface area contributed by atoms with E-state index in [2.05, 4.69) is 4.99 Å². The van der Waals surface area contributed by atoms with Gasteiger partial charge in [-0.15, -0.1) is 11.3 Å². The summed E-state index contributed by atoms with van der Waals surface area (Å²) in [4.78, 5) is 17.1. The fourth-order valence-corrected chi connectivity index (χ4v) is 4.03. The third kappa shape index (κ3) is 2.63. The monoisotopic (exact) mass is 373 g/mol. The number of carbonyl (C=O) groups excluding carboxylic acids is 1. The first-order valence-electron chi connectivity index (χ1n) is 7.08. The Hall–Kier alpha value is -2.14. The lowest BCUT2D eigenvalue weighted by molar-refractivity contribution is -0.129. The highest BCUT2D eigenvalue weighted by Gasteiger charge is 2.28. The molecular weight excluding hydrogens is 365 g/mol. The van der Waals surface area contributed by atoms with Crippen LogP contribution < -0.4 is 0 Å². The Morgan fingerprint density at radius 3 is 2.58 bits per heavy atom. The Morgan fingerprint density at radius 1 is 1.04 bits per heavy atom. The maximum Gasteiger partial charge on any atom is 0.363 e. The van der Waals surface area contributed by atoms with Gasteiger partial charge in [0.15, 0.2) is 5.70 Å². The molecule has 0 amide bonds. The molecule has 1 aromatic heterocycles. The highest BCUT2D eigenvalue weighted by molar-refractivity contribution is 7.21. The van der Waals surface area contributed by atoms with E-state index < -0.39 is 5.97 Å². The number of fused-ring (bicyclic) bond motifs is 1. The van der Waals surface area contributed by atoms with E-state index in [0.29, 0.717) is 20.5 Å². The number of nitrogens with zero attached hydrogens (tertiary/aromatic N) is 1. The average molecular weight is 374 g/mol. The Morgan fingerprint density at radius 2 is 1.79 bits per heavy atom. The zero-order chi connectivity index (χ0) is 16.7. The summed E-state index contributed by atoms with van der Waals surface area (Å²) in [5, 5.41) is 2.00. The quantitative estimate of drug-likeness (QED) is 0.436. The molecule has 0 saturated heterocycles. The van der Waals surface area contributed by atoms with Crippen molar-refractivity contribution in [3.8, 4) is 0 Å². The second-order valence-corrected chi connectivity index (χ2v) is 6.94. The molecule has 1 aliphatic heterocycles. The van der Waals surface area contributed by atoms with Gasteiger partial charge in [0.2, 0.25) is 5.90 Å². The Kier molecular flexibility index (Phi) is 3.88. The van der Waals surface area contributed by atoms with Gasteiger partial charge in [-0.25, -0.2) is 9.79 Å². The fourth-order valence-electron chi connectivity index (χ4n) is 2.40. The molecule has 3 nitrogen and oxygen atoms in total. The predicted molar refractivity (Wildman–Crippen MR) is 98.9 cm³/mol. The van der Waals surface area contributed by atoms with Gasteiger partial charge in [-0.1, -0.05) is 59.6 Å². The van der Waals surface area contributed by atoms with Crippen LogP contribution in [0.1, 0.15) is 10.4 Å². The van der Waals surface area contributed by atoms with Gasteiger partial charge in [-0.2, -0.15) is 0 Å². The first kappa shape index (κ1) is 15.4. The number of cyclic esters (lactones) is 1. The highest BCUT2D eigenvalue weighted by Crippen LogP contribution is 2.37. The number of benzene rings is 2. The van der Waals surface area contributed by atoms with Crippen LogP contribution in [-0.2, 0) is 9.53 Å². The van der Waals surface area contributed by atoms with Crippen molar-refractivity contribution in [2.75, 3.05) is 0 Å². The summed E-state index contributed by atoms with van der Waals surface area (Å²) in [7, 11) is 0. The van der Waals surface area contributed by atoms with Crippen LogP contribution in [0.25, 0.3) is 16.2 Å². The van der Waals surface area contributed by atoms with Gasteiger partial charge >= 0.3 is 5.97 Å². The molecule has 0 bridgehead atoms. The predicted octanol–water partition coefficient (Wildman–Crippen LogP) is 5.55. The van der Waals surface area contributed by atoms with Crippen molar-refractivity contribution < 1.29 is 9.53 Å². The molecule has 4 rings (SSSR count). The second-order valence-electron chi connectivity index (χ2n) is 5.10. The Bertz CT molecular complexity index is 1040. The molecule has 2 aromatic carbocycles. The minimum Gasteiger partial charge on any atom is -0.401 e. The molecule has 2 heterocycles. The first-order chi connectivity index (χ1) is 11.6. The van der Waals surface area contributed by atoms with Gasteiger partial charge in [-0.05, 0) is 23.8 Å². The molecule has 0 radical (unpaired) electrons. The van der Waals surface area contributed by atoms with E-state index in [1.54, 1.807) is 12.1 Å². The van der Waals surface area contributed by atoms with E-state index in [4.69, 9.17) is 27.9 Å². The van der Waals surface area contributed by atoms with Crippen molar-refractivity contribution in [3.63, 3.8) is 0 Å². The van der Waals surface area contributed by atoms with Gasteiger partial charge in [-0.3, -0.25) is 0 Å². The van der Waals surface area contributed by atoms with Crippen LogP contribution >= 0.6 is 34.5 Å². The lowest BCUT2D eigenvalue weighted by atomic mass is 10.2. The molecular formula is C18H9Cl2NO2S. The van der Waals surface area contributed by atoms with Gasteiger partial charge in [0.25, 0.3) is 0 Å². The second kappa shape index (κ2) is 6.06. The van der Waals surface area contributed by atoms with Crippen molar-refractivity contribution in [2.24, 2.45) is 4.99 Å². The van der Waals surface area contributed by atoms with Crippen molar-refractivity contribution in [1.82, 2.24) is 0 Å². The molecule has 3 aromatic rings. The number of aliphatic imine (C=N–C) groups is 1. The van der Waals surface area contributed by atoms with E-state index in [1.807, 2.05) is 42.5 Å². The lowest BCUT2D eigenvalue weighted by Crippen LogP contribution is -2.04. The summed E-state index contributed by atoms with van der Waals surface area (Å²) in [6.07, 6.45) is 1.61. The number of thiophene rings is 1. The minimum atomic E-state index is -0.515. The minimum absolute atomic E-state index is 0.201. The molecule has 0 N–H and O–H groups in total. The van der Waals surface area contributed by atoms with Gasteiger partial charge in [0.05, 0.1) is 5.02 Å². The number of esters is 1. The third-order valence-electron chi connectivity index (χ3n) is 3.55. The zero-order valence-corrected chi connectivity index (χ0v) is 14.5. The average Bonchev–Trinajstić information content (AvgIpc) is 3.11. The molecule has 6 heteroatoms. The number of carbonyl (C=O) groups is 1. The number of rotatable bonds is 2. The summed E-state index contributed by atoms with van der Waals surface area (Å²) in [6, 6.07) is 15.0. The van der Waals surface area contributed by atoms with Gasteiger partial charge in [0.1, 0.15) is 4.88 Å². The molecule has 0 atom stereocenters. The van der Waals surface area contributed by atoms with Crippen LogP contribution in [0.2, 0.25) is 10.0 Å². The smallest absolute Gasteiger partial charge is 0.363 e. The van der Waals surface area contributed by atoms with Crippen LogP contribution in [0.5, 0.6) is 0 Å². The topological polar surface area (TPSA) is 38.7 Å². The van der Waals surface area contributed by atoms with Crippen LogP contribution in [0, 0.1) is 0 Å². The van der Waals surface area contributed by atoms with Gasteiger partial charge in [0, 0.05) is 15.1 Å². The Labute approximate surface area is 151 Å². The Balaban J connectivity index is 1.78. The van der Waals surface area contributed by atoms with Crippen LogP contribution in [0.15, 0.2) is 59.2 Å².